The summed E-state index contributed by atoms with van der Waals surface area (Å²) in [5.41, 5.74) is 3.26. The van der Waals surface area contributed by atoms with E-state index in [1.165, 1.54) is 11.3 Å². The Bertz CT molecular complexity index is 163. The summed E-state index contributed by atoms with van der Waals surface area (Å²) in [5, 5.41) is 2.04. The maximum Gasteiger partial charge on any atom is 0.192 e. The number of hydrogen-bond donors (Lipinski definition) is 2. The lowest BCUT2D eigenvalue weighted by Gasteiger charge is -2.28. The zero-order chi connectivity index (χ0) is 8.55. The molecule has 0 radical (unpaired) electrons. The molecule has 2 saturated heterocycles. The van der Waals surface area contributed by atoms with E-state index >= 15 is 0 Å². The van der Waals surface area contributed by atoms with E-state index in [-0.39, 0.29) is 5.50 Å². The van der Waals surface area contributed by atoms with Crippen LogP contribution in [0.25, 0.3) is 0 Å². The Morgan fingerprint density at radius 3 is 3.00 bits per heavy atom. The van der Waals surface area contributed by atoms with Gasteiger partial charge in [0.2, 0.25) is 0 Å². The third-order valence-corrected chi connectivity index (χ3v) is 2.85. The predicted octanol–water partition coefficient (Wildman–Crippen LogP) is -1.75. The summed E-state index contributed by atoms with van der Waals surface area (Å²) < 4.78 is 5.59. The van der Waals surface area contributed by atoms with Crippen molar-refractivity contribution in [3.05, 3.63) is 0 Å². The van der Waals surface area contributed by atoms with Gasteiger partial charge < -0.3 is 22.3 Å². The fourth-order valence-electron chi connectivity index (χ4n) is 1.83. The molecule has 5 heteroatoms. The number of rotatable bonds is 1. The molecule has 12 heavy (non-hydrogen) atoms. The molecule has 4 nitrogen and oxygen atoms in total. The molecular formula is C7H15N3OS. The summed E-state index contributed by atoms with van der Waals surface area (Å²) in [7, 11) is 2.02. The van der Waals surface area contributed by atoms with E-state index in [4.69, 9.17) is 17.4 Å². The molecule has 2 rings (SSSR count). The number of hydrogen-bond acceptors (Lipinski definition) is 4. The lowest BCUT2D eigenvalue weighted by molar-refractivity contribution is -0.948. The predicted molar refractivity (Wildman–Crippen MR) is 46.9 cm³/mol. The van der Waals surface area contributed by atoms with Crippen LogP contribution in [0.1, 0.15) is 12.8 Å². The lowest BCUT2D eigenvalue weighted by Crippen LogP contribution is -3.18. The molecule has 3 atom stereocenters. The average molecular weight is 189 g/mol. The van der Waals surface area contributed by atoms with Crippen LogP contribution in [0, 0.1) is 0 Å². The van der Waals surface area contributed by atoms with Crippen LogP contribution in [0.3, 0.4) is 0 Å². The zero-order valence-corrected chi connectivity index (χ0v) is 8.06. The average Bonchev–Trinajstić information content (AvgIpc) is 2.58. The Kier molecular flexibility index (Phi) is 2.57. The van der Waals surface area contributed by atoms with Crippen LogP contribution >= 0.6 is 0 Å². The topological polar surface area (TPSA) is 28.9 Å². The van der Waals surface area contributed by atoms with Crippen molar-refractivity contribution in [1.29, 1.82) is 0 Å². The molecule has 2 fully saturated rings. The first kappa shape index (κ1) is 8.77. The van der Waals surface area contributed by atoms with Crippen LogP contribution in [0.15, 0.2) is 0 Å². The molecule has 0 amide bonds. The van der Waals surface area contributed by atoms with Crippen molar-refractivity contribution in [2.45, 2.75) is 24.6 Å². The largest absolute Gasteiger partial charge is 0.709 e. The van der Waals surface area contributed by atoms with E-state index in [2.05, 4.69) is 5.43 Å². The third kappa shape index (κ3) is 1.60. The van der Waals surface area contributed by atoms with Gasteiger partial charge in [-0.25, -0.2) is 5.43 Å². The van der Waals surface area contributed by atoms with E-state index in [1.54, 1.807) is 0 Å². The quantitative estimate of drug-likeness (QED) is 0.479. The Morgan fingerprint density at radius 1 is 1.67 bits per heavy atom. The molecule has 3 unspecified atom stereocenters. The minimum atomic E-state index is 0.0816. The molecule has 0 aliphatic carbocycles. The van der Waals surface area contributed by atoms with Gasteiger partial charge in [0.15, 0.2) is 6.23 Å². The van der Waals surface area contributed by atoms with Gasteiger partial charge in [-0.2, -0.15) is 5.01 Å². The van der Waals surface area contributed by atoms with E-state index in [9.17, 15) is 0 Å². The molecule has 2 N–H and O–H groups in total. The Morgan fingerprint density at radius 2 is 2.50 bits per heavy atom. The van der Waals surface area contributed by atoms with Crippen LogP contribution in [-0.2, 0) is 17.4 Å². The van der Waals surface area contributed by atoms with E-state index in [0.29, 0.717) is 6.23 Å². The maximum atomic E-state index is 5.59. The van der Waals surface area contributed by atoms with Gasteiger partial charge in [-0.3, -0.25) is 0 Å². The number of ether oxygens (including phenoxy) is 1. The maximum absolute atomic E-state index is 5.59. The molecule has 0 aromatic heterocycles. The van der Waals surface area contributed by atoms with Crippen LogP contribution in [-0.4, -0.2) is 37.1 Å². The van der Waals surface area contributed by atoms with Crippen molar-refractivity contribution in [3.8, 4) is 0 Å². The smallest absolute Gasteiger partial charge is 0.192 e. The van der Waals surface area contributed by atoms with Gasteiger partial charge in [0.25, 0.3) is 0 Å². The van der Waals surface area contributed by atoms with Crippen molar-refractivity contribution in [1.82, 2.24) is 10.4 Å². The van der Waals surface area contributed by atoms with Gasteiger partial charge in [-0.05, 0) is 6.42 Å². The molecule has 0 spiro atoms. The second kappa shape index (κ2) is 3.51. The fraction of sp³-hybridized carbons (Fsp3) is 1.00. The highest BCUT2D eigenvalue weighted by atomic mass is 32.1. The number of quaternary nitrogens is 1. The Labute approximate surface area is 78.2 Å². The molecular weight excluding hydrogens is 174 g/mol. The van der Waals surface area contributed by atoms with Gasteiger partial charge in [0.05, 0.1) is 6.61 Å². The molecule has 2 aliphatic rings. The number of hydrazine groups is 1. The van der Waals surface area contributed by atoms with E-state index in [1.807, 2.05) is 12.1 Å². The van der Waals surface area contributed by atoms with E-state index in [0.717, 1.165) is 19.7 Å². The summed E-state index contributed by atoms with van der Waals surface area (Å²) >= 11 is 5.27. The van der Waals surface area contributed by atoms with Crippen LogP contribution < -0.4 is 10.3 Å². The molecule has 2 aliphatic heterocycles. The molecule has 0 bridgehead atoms. The third-order valence-electron chi connectivity index (χ3n) is 2.44. The number of nitrogens with zero attached hydrogens (tertiary/aromatic N) is 1. The summed E-state index contributed by atoms with van der Waals surface area (Å²) in [4.78, 5) is 1.34. The second-order valence-electron chi connectivity index (χ2n) is 3.44. The minimum absolute atomic E-state index is 0.0816. The van der Waals surface area contributed by atoms with Gasteiger partial charge in [0.1, 0.15) is 6.67 Å². The summed E-state index contributed by atoms with van der Waals surface area (Å²) in [5.74, 6) is 0. The summed E-state index contributed by atoms with van der Waals surface area (Å²) in [6.45, 7) is 1.85. The SMILES string of the molecule is CN1C[NH+](C2CCCO2)C([S-])N1. The molecule has 0 saturated carbocycles. The first-order valence-electron chi connectivity index (χ1n) is 4.37. The van der Waals surface area contributed by atoms with Crippen LogP contribution in [0.4, 0.5) is 0 Å². The highest BCUT2D eigenvalue weighted by Gasteiger charge is 2.33. The molecule has 2 heterocycles. The van der Waals surface area contributed by atoms with Crippen molar-refractivity contribution in [3.63, 3.8) is 0 Å². The minimum Gasteiger partial charge on any atom is -0.709 e. The number of nitrogens with one attached hydrogen (secondary N) is 2. The summed E-state index contributed by atoms with van der Waals surface area (Å²) in [6, 6.07) is 0. The second-order valence-corrected chi connectivity index (χ2v) is 3.91. The van der Waals surface area contributed by atoms with Crippen molar-refractivity contribution in [2.24, 2.45) is 0 Å². The van der Waals surface area contributed by atoms with Gasteiger partial charge in [-0.15, -0.1) is 0 Å². The molecule has 0 aromatic rings. The fourth-order valence-corrected chi connectivity index (χ4v) is 2.23. The van der Waals surface area contributed by atoms with Crippen molar-refractivity contribution < 1.29 is 9.64 Å². The molecule has 70 valence electrons. The summed E-state index contributed by atoms with van der Waals surface area (Å²) in [6.07, 6.45) is 2.66. The van der Waals surface area contributed by atoms with Crippen LogP contribution in [0.5, 0.6) is 0 Å². The van der Waals surface area contributed by atoms with Crippen molar-refractivity contribution in [2.75, 3.05) is 20.3 Å². The first-order chi connectivity index (χ1) is 5.77. The Balaban J connectivity index is 1.94. The zero-order valence-electron chi connectivity index (χ0n) is 7.25. The van der Waals surface area contributed by atoms with Gasteiger partial charge in [0, 0.05) is 19.0 Å². The highest BCUT2D eigenvalue weighted by Crippen LogP contribution is 2.07. The van der Waals surface area contributed by atoms with E-state index < -0.39 is 0 Å². The normalized spacial score (nSPS) is 44.0. The monoisotopic (exact) mass is 189 g/mol. The lowest BCUT2D eigenvalue weighted by atomic mass is 10.3. The van der Waals surface area contributed by atoms with Gasteiger partial charge >= 0.3 is 0 Å². The van der Waals surface area contributed by atoms with Crippen LogP contribution in [0.2, 0.25) is 0 Å². The first-order valence-corrected chi connectivity index (χ1v) is 4.85. The Hall–Kier alpha value is 0.190. The van der Waals surface area contributed by atoms with Gasteiger partial charge in [-0.1, -0.05) is 0 Å². The molecule has 0 aromatic carbocycles. The van der Waals surface area contributed by atoms with Crippen molar-refractivity contribution >= 4 is 12.6 Å². The standard InChI is InChI=1S/C7H15N3OS/c1-9-5-10(7(12)8-9)6-3-2-4-11-6/h6-8,12H,2-5H2,1H3. The highest BCUT2D eigenvalue weighted by molar-refractivity contribution is 7.59.